The molecule has 0 unspecified atom stereocenters. The van der Waals surface area contributed by atoms with Gasteiger partial charge in [0.1, 0.15) is 5.82 Å². The van der Waals surface area contributed by atoms with Gasteiger partial charge in [-0.3, -0.25) is 0 Å². The van der Waals surface area contributed by atoms with E-state index in [1.807, 2.05) is 0 Å². The number of unbranched alkanes of at least 4 members (excludes halogenated alkanes) is 2. The molecule has 0 aliphatic rings. The molecule has 0 aliphatic carbocycles. The number of hydrogen-bond acceptors (Lipinski definition) is 0. The van der Waals surface area contributed by atoms with Crippen molar-refractivity contribution in [2.45, 2.75) is 32.6 Å². The summed E-state index contributed by atoms with van der Waals surface area (Å²) in [5.41, 5.74) is 3.20. The maximum Gasteiger partial charge on any atom is 0.123 e. The average molecular weight is 366 g/mol. The molecule has 0 bridgehead atoms. The Morgan fingerprint density at radius 3 is 2.07 bits per heavy atom. The zero-order chi connectivity index (χ0) is 19.3. The van der Waals surface area contributed by atoms with Crippen LogP contribution >= 0.6 is 0 Å². The molecule has 0 fully saturated rings. The Morgan fingerprint density at radius 1 is 0.679 bits per heavy atom. The summed E-state index contributed by atoms with van der Waals surface area (Å²) < 4.78 is 13.0. The second kappa shape index (κ2) is 8.28. The molecule has 1 heteroatoms. The minimum atomic E-state index is -0.239. The highest BCUT2D eigenvalue weighted by atomic mass is 19.1. The predicted octanol–water partition coefficient (Wildman–Crippen LogP) is 7.26. The second-order valence-corrected chi connectivity index (χ2v) is 7.27. The van der Waals surface area contributed by atoms with Crippen molar-refractivity contribution in [3.8, 4) is 11.8 Å². The van der Waals surface area contributed by atoms with Crippen molar-refractivity contribution in [3.63, 3.8) is 0 Å². The van der Waals surface area contributed by atoms with Crippen LogP contribution in [0.2, 0.25) is 0 Å². The summed E-state index contributed by atoms with van der Waals surface area (Å²) in [6.45, 7) is 2.24. The van der Waals surface area contributed by atoms with E-state index in [9.17, 15) is 4.39 Å². The molecular formula is C27H23F. The number of benzene rings is 4. The molecule has 4 aromatic carbocycles. The van der Waals surface area contributed by atoms with Crippen molar-refractivity contribution in [1.82, 2.24) is 0 Å². The van der Waals surface area contributed by atoms with E-state index in [0.29, 0.717) is 0 Å². The fourth-order valence-electron chi connectivity index (χ4n) is 3.61. The lowest BCUT2D eigenvalue weighted by molar-refractivity contribution is 0.627. The number of halogens is 1. The monoisotopic (exact) mass is 366 g/mol. The minimum absolute atomic E-state index is 0.239. The summed E-state index contributed by atoms with van der Waals surface area (Å²) >= 11 is 0. The summed E-state index contributed by atoms with van der Waals surface area (Å²) in [5.74, 6) is 6.05. The smallest absolute Gasteiger partial charge is 0.123 e. The Balaban J connectivity index is 1.64. The van der Waals surface area contributed by atoms with Gasteiger partial charge in [0.15, 0.2) is 0 Å². The quantitative estimate of drug-likeness (QED) is 0.202. The van der Waals surface area contributed by atoms with Crippen molar-refractivity contribution in [3.05, 3.63) is 95.3 Å². The highest BCUT2D eigenvalue weighted by Crippen LogP contribution is 2.27. The van der Waals surface area contributed by atoms with Gasteiger partial charge in [-0.25, -0.2) is 4.39 Å². The Hall–Kier alpha value is -3.11. The van der Waals surface area contributed by atoms with Crippen molar-refractivity contribution in [1.29, 1.82) is 0 Å². The standard InChI is InChI=1S/C27H23F/c1-2-3-4-5-21-10-16-26-23(18-21)12-13-24-19-22(11-17-27(24)26)7-6-20-8-14-25(28)15-9-20/h8-19H,2-5H2,1H3. The van der Waals surface area contributed by atoms with Gasteiger partial charge in [-0.15, -0.1) is 0 Å². The zero-order valence-corrected chi connectivity index (χ0v) is 16.1. The third kappa shape index (κ3) is 4.07. The first-order valence-corrected chi connectivity index (χ1v) is 9.96. The van der Waals surface area contributed by atoms with Crippen LogP contribution in [-0.4, -0.2) is 0 Å². The summed E-state index contributed by atoms with van der Waals surface area (Å²) in [7, 11) is 0. The molecule has 0 heterocycles. The Bertz CT molecular complexity index is 1170. The van der Waals surface area contributed by atoms with Crippen LogP contribution in [0.5, 0.6) is 0 Å². The number of rotatable bonds is 4. The van der Waals surface area contributed by atoms with Gasteiger partial charge in [-0.1, -0.05) is 68.0 Å². The van der Waals surface area contributed by atoms with Crippen LogP contribution in [0.15, 0.2) is 72.8 Å². The minimum Gasteiger partial charge on any atom is -0.207 e. The average Bonchev–Trinajstić information content (AvgIpc) is 2.73. The van der Waals surface area contributed by atoms with Crippen LogP contribution in [0.4, 0.5) is 4.39 Å². The molecule has 0 saturated heterocycles. The lowest BCUT2D eigenvalue weighted by Crippen LogP contribution is -1.87. The van der Waals surface area contributed by atoms with E-state index in [2.05, 4.69) is 67.3 Å². The van der Waals surface area contributed by atoms with Crippen LogP contribution in [-0.2, 0) is 6.42 Å². The van der Waals surface area contributed by atoms with Gasteiger partial charge in [0, 0.05) is 11.1 Å². The van der Waals surface area contributed by atoms with E-state index in [4.69, 9.17) is 0 Å². The fourth-order valence-corrected chi connectivity index (χ4v) is 3.61. The van der Waals surface area contributed by atoms with Gasteiger partial charge in [0.2, 0.25) is 0 Å². The van der Waals surface area contributed by atoms with Crippen LogP contribution in [0.3, 0.4) is 0 Å². The molecule has 0 nitrogen and oxygen atoms in total. The maximum atomic E-state index is 13.0. The third-order valence-electron chi connectivity index (χ3n) is 5.16. The van der Waals surface area contributed by atoms with Crippen LogP contribution in [0, 0.1) is 17.7 Å². The first-order chi connectivity index (χ1) is 13.7. The number of hydrogen-bond donors (Lipinski definition) is 0. The molecule has 0 N–H and O–H groups in total. The molecule has 4 aromatic rings. The van der Waals surface area contributed by atoms with E-state index >= 15 is 0 Å². The van der Waals surface area contributed by atoms with E-state index in [-0.39, 0.29) is 5.82 Å². The lowest BCUT2D eigenvalue weighted by Gasteiger charge is -2.07. The van der Waals surface area contributed by atoms with E-state index in [1.54, 1.807) is 12.1 Å². The third-order valence-corrected chi connectivity index (χ3v) is 5.16. The van der Waals surface area contributed by atoms with E-state index < -0.39 is 0 Å². The Kier molecular flexibility index (Phi) is 5.40. The van der Waals surface area contributed by atoms with Gasteiger partial charge in [-0.2, -0.15) is 0 Å². The van der Waals surface area contributed by atoms with Gasteiger partial charge in [0.25, 0.3) is 0 Å². The SMILES string of the molecule is CCCCCc1ccc2c(ccc3cc(C#Cc4ccc(F)cc4)ccc32)c1. The van der Waals surface area contributed by atoms with Crippen molar-refractivity contribution in [2.75, 3.05) is 0 Å². The second-order valence-electron chi connectivity index (χ2n) is 7.27. The molecule has 0 amide bonds. The Morgan fingerprint density at radius 2 is 1.32 bits per heavy atom. The highest BCUT2D eigenvalue weighted by Gasteiger charge is 2.03. The van der Waals surface area contributed by atoms with Gasteiger partial charge in [-0.05, 0) is 76.3 Å². The molecule has 0 spiro atoms. The van der Waals surface area contributed by atoms with E-state index in [0.717, 1.165) is 17.5 Å². The van der Waals surface area contributed by atoms with Crippen molar-refractivity contribution in [2.24, 2.45) is 0 Å². The molecule has 4 rings (SSSR count). The van der Waals surface area contributed by atoms with Crippen LogP contribution in [0.1, 0.15) is 42.9 Å². The van der Waals surface area contributed by atoms with Gasteiger partial charge >= 0.3 is 0 Å². The first-order valence-electron chi connectivity index (χ1n) is 9.96. The number of aryl methyl sites for hydroxylation is 1. The van der Waals surface area contributed by atoms with Crippen molar-refractivity contribution < 1.29 is 4.39 Å². The molecule has 0 radical (unpaired) electrons. The normalized spacial score (nSPS) is 10.8. The van der Waals surface area contributed by atoms with Gasteiger partial charge in [0.05, 0.1) is 0 Å². The number of fused-ring (bicyclic) bond motifs is 3. The van der Waals surface area contributed by atoms with Crippen LogP contribution < -0.4 is 0 Å². The largest absolute Gasteiger partial charge is 0.207 e. The highest BCUT2D eigenvalue weighted by molar-refractivity contribution is 6.07. The molecule has 0 atom stereocenters. The predicted molar refractivity (Wildman–Crippen MR) is 117 cm³/mol. The first kappa shape index (κ1) is 18.3. The van der Waals surface area contributed by atoms with Gasteiger partial charge < -0.3 is 0 Å². The lowest BCUT2D eigenvalue weighted by atomic mass is 9.97. The molecule has 0 saturated carbocycles. The summed E-state index contributed by atoms with van der Waals surface area (Å²) in [4.78, 5) is 0. The summed E-state index contributed by atoms with van der Waals surface area (Å²) in [6, 6.07) is 23.9. The van der Waals surface area contributed by atoms with Crippen molar-refractivity contribution >= 4 is 21.5 Å². The molecule has 0 aromatic heterocycles. The zero-order valence-electron chi connectivity index (χ0n) is 16.1. The van der Waals surface area contributed by atoms with E-state index in [1.165, 1.54) is 58.5 Å². The molecular weight excluding hydrogens is 343 g/mol. The summed E-state index contributed by atoms with van der Waals surface area (Å²) in [6.07, 6.45) is 4.95. The summed E-state index contributed by atoms with van der Waals surface area (Å²) in [5, 5.41) is 5.03. The van der Waals surface area contributed by atoms with Crippen LogP contribution in [0.25, 0.3) is 21.5 Å². The molecule has 138 valence electrons. The molecule has 0 aliphatic heterocycles. The maximum absolute atomic E-state index is 13.0. The fraction of sp³-hybridized carbons (Fsp3) is 0.185. The Labute approximate surface area is 166 Å². The topological polar surface area (TPSA) is 0 Å². The molecule has 28 heavy (non-hydrogen) atoms.